The Labute approximate surface area is 138 Å². The van der Waals surface area contributed by atoms with E-state index in [0.29, 0.717) is 25.2 Å². The highest BCUT2D eigenvalue weighted by Gasteiger charge is 2.21. The van der Waals surface area contributed by atoms with E-state index in [0.717, 1.165) is 17.7 Å². The number of benzene rings is 1. The molecule has 0 saturated carbocycles. The van der Waals surface area contributed by atoms with Crippen molar-refractivity contribution < 1.29 is 13.2 Å². The van der Waals surface area contributed by atoms with E-state index in [-0.39, 0.29) is 17.4 Å². The minimum atomic E-state index is -2.83. The van der Waals surface area contributed by atoms with Gasteiger partial charge in [0.05, 0.1) is 11.5 Å². The van der Waals surface area contributed by atoms with Gasteiger partial charge in [-0.3, -0.25) is 9.69 Å². The quantitative estimate of drug-likeness (QED) is 0.828. The van der Waals surface area contributed by atoms with Gasteiger partial charge in [-0.15, -0.1) is 0 Å². The van der Waals surface area contributed by atoms with Gasteiger partial charge in [0.15, 0.2) is 9.84 Å². The molecule has 0 bridgehead atoms. The van der Waals surface area contributed by atoms with Crippen LogP contribution >= 0.6 is 0 Å². The number of carbonyl (C=O) groups excluding carboxylic acids is 1. The third-order valence-corrected chi connectivity index (χ3v) is 5.72. The highest BCUT2D eigenvalue weighted by Crippen LogP contribution is 2.11. The Hall–Kier alpha value is -1.66. The molecule has 0 aromatic heterocycles. The average Bonchev–Trinajstić information content (AvgIpc) is 2.55. The van der Waals surface area contributed by atoms with Crippen LogP contribution in [0.15, 0.2) is 35.9 Å². The molecule has 1 fully saturated rings. The minimum absolute atomic E-state index is 0.0499. The Morgan fingerprint density at radius 3 is 2.30 bits per heavy atom. The standard InChI is InChI=1S/C17H24N2O3S/c1-3-14(2)17(20)18-12-15-4-6-16(7-5-15)13-19-8-10-23(21,22)11-9-19/h3-7H,8-13H2,1-2H3,(H,18,20)/b14-3+. The maximum Gasteiger partial charge on any atom is 0.246 e. The summed E-state index contributed by atoms with van der Waals surface area (Å²) in [7, 11) is -2.83. The lowest BCUT2D eigenvalue weighted by Gasteiger charge is -2.26. The SMILES string of the molecule is C/C=C(\C)C(=O)NCc1ccc(CN2CCS(=O)(=O)CC2)cc1. The first-order chi connectivity index (χ1) is 10.9. The van der Waals surface area contributed by atoms with Crippen LogP contribution in [0.4, 0.5) is 0 Å². The molecule has 23 heavy (non-hydrogen) atoms. The van der Waals surface area contributed by atoms with Gasteiger partial charge >= 0.3 is 0 Å². The average molecular weight is 336 g/mol. The van der Waals surface area contributed by atoms with Gasteiger partial charge in [0, 0.05) is 31.8 Å². The number of sulfone groups is 1. The molecule has 1 heterocycles. The maximum absolute atomic E-state index is 11.7. The summed E-state index contributed by atoms with van der Waals surface area (Å²) in [5.74, 6) is 0.453. The maximum atomic E-state index is 11.7. The van der Waals surface area contributed by atoms with Crippen molar-refractivity contribution in [2.45, 2.75) is 26.9 Å². The lowest BCUT2D eigenvalue weighted by molar-refractivity contribution is -0.117. The number of hydrogen-bond acceptors (Lipinski definition) is 4. The molecule has 1 aromatic carbocycles. The van der Waals surface area contributed by atoms with Crippen molar-refractivity contribution in [2.24, 2.45) is 0 Å². The second-order valence-corrected chi connectivity index (χ2v) is 8.20. The highest BCUT2D eigenvalue weighted by molar-refractivity contribution is 7.91. The first kappa shape index (κ1) is 17.7. The van der Waals surface area contributed by atoms with E-state index in [4.69, 9.17) is 0 Å². The van der Waals surface area contributed by atoms with Gasteiger partial charge in [-0.1, -0.05) is 30.3 Å². The Kier molecular flexibility index (Phi) is 5.96. The van der Waals surface area contributed by atoms with Crippen molar-refractivity contribution in [1.82, 2.24) is 10.2 Å². The number of carbonyl (C=O) groups is 1. The topological polar surface area (TPSA) is 66.5 Å². The van der Waals surface area contributed by atoms with E-state index in [1.54, 1.807) is 13.0 Å². The molecule has 1 amide bonds. The van der Waals surface area contributed by atoms with E-state index in [9.17, 15) is 13.2 Å². The smallest absolute Gasteiger partial charge is 0.246 e. The molecule has 0 atom stereocenters. The monoisotopic (exact) mass is 336 g/mol. The molecule has 0 radical (unpaired) electrons. The first-order valence-corrected chi connectivity index (χ1v) is 9.63. The van der Waals surface area contributed by atoms with E-state index < -0.39 is 9.84 Å². The third kappa shape index (κ3) is 5.48. The molecule has 1 saturated heterocycles. The summed E-state index contributed by atoms with van der Waals surface area (Å²) in [5.41, 5.74) is 2.91. The van der Waals surface area contributed by atoms with E-state index >= 15 is 0 Å². The van der Waals surface area contributed by atoms with E-state index in [2.05, 4.69) is 10.2 Å². The molecule has 0 unspecified atom stereocenters. The van der Waals surface area contributed by atoms with Gasteiger partial charge < -0.3 is 5.32 Å². The highest BCUT2D eigenvalue weighted by atomic mass is 32.2. The van der Waals surface area contributed by atoms with Crippen LogP contribution in [0.1, 0.15) is 25.0 Å². The molecule has 2 rings (SSSR count). The van der Waals surface area contributed by atoms with Crippen LogP contribution in [-0.2, 0) is 27.7 Å². The van der Waals surface area contributed by atoms with Crippen LogP contribution in [0.25, 0.3) is 0 Å². The zero-order chi connectivity index (χ0) is 16.9. The molecule has 1 aliphatic rings. The van der Waals surface area contributed by atoms with Crippen molar-refractivity contribution in [3.8, 4) is 0 Å². The Morgan fingerprint density at radius 2 is 1.74 bits per heavy atom. The summed E-state index contributed by atoms with van der Waals surface area (Å²) in [5, 5.41) is 2.88. The van der Waals surface area contributed by atoms with Crippen LogP contribution < -0.4 is 5.32 Å². The number of nitrogens with one attached hydrogen (secondary N) is 1. The summed E-state index contributed by atoms with van der Waals surface area (Å²) < 4.78 is 22.8. The van der Waals surface area contributed by atoms with Crippen LogP contribution in [0.3, 0.4) is 0 Å². The van der Waals surface area contributed by atoms with Gasteiger partial charge in [0.2, 0.25) is 5.91 Å². The fraction of sp³-hybridized carbons (Fsp3) is 0.471. The largest absolute Gasteiger partial charge is 0.348 e. The Bertz CT molecular complexity index is 664. The number of rotatable bonds is 5. The Balaban J connectivity index is 1.84. The second kappa shape index (κ2) is 7.75. The molecule has 1 aromatic rings. The number of amides is 1. The van der Waals surface area contributed by atoms with Crippen molar-refractivity contribution in [3.63, 3.8) is 0 Å². The summed E-state index contributed by atoms with van der Waals surface area (Å²) in [6.07, 6.45) is 1.79. The van der Waals surface area contributed by atoms with Crippen molar-refractivity contribution in [3.05, 3.63) is 47.0 Å². The molecule has 6 heteroatoms. The van der Waals surface area contributed by atoms with Gasteiger partial charge in [0.1, 0.15) is 0 Å². The number of allylic oxidation sites excluding steroid dienone is 1. The first-order valence-electron chi connectivity index (χ1n) is 7.81. The minimum Gasteiger partial charge on any atom is -0.348 e. The summed E-state index contributed by atoms with van der Waals surface area (Å²) in [6, 6.07) is 8.07. The van der Waals surface area contributed by atoms with Crippen LogP contribution in [0.2, 0.25) is 0 Å². The predicted octanol–water partition coefficient (Wildman–Crippen LogP) is 1.50. The third-order valence-electron chi connectivity index (χ3n) is 4.11. The van der Waals surface area contributed by atoms with Crippen LogP contribution in [-0.4, -0.2) is 43.8 Å². The molecule has 0 aliphatic carbocycles. The van der Waals surface area contributed by atoms with Gasteiger partial charge in [-0.25, -0.2) is 8.42 Å². The summed E-state index contributed by atoms with van der Waals surface area (Å²) in [4.78, 5) is 13.9. The predicted molar refractivity (Wildman–Crippen MR) is 91.7 cm³/mol. The van der Waals surface area contributed by atoms with E-state index in [1.165, 1.54) is 0 Å². The summed E-state index contributed by atoms with van der Waals surface area (Å²) >= 11 is 0. The Morgan fingerprint density at radius 1 is 1.17 bits per heavy atom. The van der Waals surface area contributed by atoms with Crippen molar-refractivity contribution in [1.29, 1.82) is 0 Å². The zero-order valence-corrected chi connectivity index (χ0v) is 14.5. The van der Waals surface area contributed by atoms with E-state index in [1.807, 2.05) is 31.2 Å². The van der Waals surface area contributed by atoms with Gasteiger partial charge in [-0.2, -0.15) is 0 Å². The van der Waals surface area contributed by atoms with Crippen molar-refractivity contribution >= 4 is 15.7 Å². The molecule has 1 aliphatic heterocycles. The second-order valence-electron chi connectivity index (χ2n) is 5.90. The fourth-order valence-electron chi connectivity index (χ4n) is 2.38. The molecule has 126 valence electrons. The molecule has 1 N–H and O–H groups in total. The molecular weight excluding hydrogens is 312 g/mol. The lowest BCUT2D eigenvalue weighted by Crippen LogP contribution is -2.39. The fourth-order valence-corrected chi connectivity index (χ4v) is 3.66. The zero-order valence-electron chi connectivity index (χ0n) is 13.7. The van der Waals surface area contributed by atoms with Crippen LogP contribution in [0.5, 0.6) is 0 Å². The molecular formula is C17H24N2O3S. The summed E-state index contributed by atoms with van der Waals surface area (Å²) in [6.45, 7) is 6.10. The van der Waals surface area contributed by atoms with Gasteiger partial charge in [-0.05, 0) is 25.0 Å². The normalized spacial score (nSPS) is 18.6. The number of nitrogens with zero attached hydrogens (tertiary/aromatic N) is 1. The van der Waals surface area contributed by atoms with Crippen LogP contribution in [0, 0.1) is 0 Å². The molecule has 5 nitrogen and oxygen atoms in total. The van der Waals surface area contributed by atoms with Gasteiger partial charge in [0.25, 0.3) is 0 Å². The number of hydrogen-bond donors (Lipinski definition) is 1. The molecule has 0 spiro atoms. The van der Waals surface area contributed by atoms with Crippen molar-refractivity contribution in [2.75, 3.05) is 24.6 Å². The lowest BCUT2D eigenvalue weighted by atomic mass is 10.1.